The Hall–Kier alpha value is -3.89. The number of nitrogens with two attached hydrogens (primary N) is 2. The van der Waals surface area contributed by atoms with Crippen molar-refractivity contribution in [3.05, 3.63) is 41.5 Å². The Morgan fingerprint density at radius 2 is 1.76 bits per heavy atom. The number of rotatable bonds is 13. The Morgan fingerprint density at radius 1 is 1.09 bits per heavy atom. The van der Waals surface area contributed by atoms with E-state index in [1.54, 1.807) is 38.1 Å². The molecule has 2 amide bonds. The Bertz CT molecular complexity index is 908. The first-order valence-electron chi connectivity index (χ1n) is 10.4. The summed E-state index contributed by atoms with van der Waals surface area (Å²) < 4.78 is 0. The van der Waals surface area contributed by atoms with Gasteiger partial charge in [0, 0.05) is 6.54 Å². The molecule has 180 valence electrons. The number of nitrogens with one attached hydrogen (secondary N) is 2. The standard InChI is InChI=1S/C22H31N5O6/c1-13(2)19(21(32)33)27-20(31)16(12-18(29)30)26-17(28)11-15-9-4-3-7-14(15)8-5-6-10-25-22(23)24/h3-5,7-9,13,16,19H,6,10-12H2,1-2H3,(H,26,28)(H,27,31)(H,29,30)(H,32,33)(H4,23,24,25)/t16-,19-/m0/s1. The van der Waals surface area contributed by atoms with Crippen LogP contribution < -0.4 is 22.1 Å². The lowest BCUT2D eigenvalue weighted by molar-refractivity contribution is -0.144. The number of carboxylic acids is 2. The largest absolute Gasteiger partial charge is 0.481 e. The van der Waals surface area contributed by atoms with Crippen LogP contribution in [0.5, 0.6) is 0 Å². The molecule has 1 aromatic rings. The fourth-order valence-corrected chi connectivity index (χ4v) is 2.91. The van der Waals surface area contributed by atoms with Crippen LogP contribution in [0.15, 0.2) is 35.3 Å². The molecule has 33 heavy (non-hydrogen) atoms. The average molecular weight is 462 g/mol. The predicted molar refractivity (Wildman–Crippen MR) is 123 cm³/mol. The van der Waals surface area contributed by atoms with Crippen molar-refractivity contribution in [2.45, 2.75) is 45.2 Å². The van der Waals surface area contributed by atoms with Gasteiger partial charge in [0.15, 0.2) is 5.96 Å². The number of carboxylic acid groups (broad SMARTS) is 2. The van der Waals surface area contributed by atoms with E-state index in [1.165, 1.54) is 0 Å². The maximum Gasteiger partial charge on any atom is 0.326 e. The summed E-state index contributed by atoms with van der Waals surface area (Å²) in [5.41, 5.74) is 12.0. The highest BCUT2D eigenvalue weighted by atomic mass is 16.4. The third kappa shape index (κ3) is 10.3. The lowest BCUT2D eigenvalue weighted by Crippen LogP contribution is -2.53. The molecule has 2 atom stereocenters. The summed E-state index contributed by atoms with van der Waals surface area (Å²) in [5, 5.41) is 23.1. The second kappa shape index (κ2) is 13.5. The molecule has 0 aromatic heterocycles. The van der Waals surface area contributed by atoms with Gasteiger partial charge in [0.25, 0.3) is 0 Å². The van der Waals surface area contributed by atoms with Crippen LogP contribution in [0.3, 0.4) is 0 Å². The predicted octanol–water partition coefficient (Wildman–Crippen LogP) is 0.0907. The summed E-state index contributed by atoms with van der Waals surface area (Å²) in [5.74, 6) is -4.44. The molecular formula is C22H31N5O6. The van der Waals surface area contributed by atoms with Gasteiger partial charge in [0.05, 0.1) is 12.8 Å². The highest BCUT2D eigenvalue weighted by Gasteiger charge is 2.29. The van der Waals surface area contributed by atoms with Gasteiger partial charge >= 0.3 is 11.9 Å². The molecule has 1 rings (SSSR count). The average Bonchev–Trinajstić information content (AvgIpc) is 2.71. The lowest BCUT2D eigenvalue weighted by atomic mass is 10.0. The number of aliphatic carboxylic acids is 2. The van der Waals surface area contributed by atoms with Gasteiger partial charge < -0.3 is 32.3 Å². The number of nitrogens with zero attached hydrogens (tertiary/aromatic N) is 1. The van der Waals surface area contributed by atoms with E-state index < -0.39 is 48.2 Å². The van der Waals surface area contributed by atoms with Gasteiger partial charge in [0.1, 0.15) is 12.1 Å². The van der Waals surface area contributed by atoms with Crippen molar-refractivity contribution < 1.29 is 29.4 Å². The van der Waals surface area contributed by atoms with Gasteiger partial charge in [-0.3, -0.25) is 19.4 Å². The Kier molecular flexibility index (Phi) is 11.1. The van der Waals surface area contributed by atoms with Gasteiger partial charge in [-0.25, -0.2) is 4.79 Å². The summed E-state index contributed by atoms with van der Waals surface area (Å²) in [7, 11) is 0. The van der Waals surface area contributed by atoms with Gasteiger partial charge in [0.2, 0.25) is 11.8 Å². The quantitative estimate of drug-likeness (QED) is 0.135. The highest BCUT2D eigenvalue weighted by molar-refractivity contribution is 5.93. The second-order valence-electron chi connectivity index (χ2n) is 7.66. The fraction of sp³-hybridized carbons (Fsp3) is 0.409. The summed E-state index contributed by atoms with van der Waals surface area (Å²) in [6.45, 7) is 3.62. The van der Waals surface area contributed by atoms with Crippen LogP contribution in [0.25, 0.3) is 6.08 Å². The third-order valence-electron chi connectivity index (χ3n) is 4.55. The van der Waals surface area contributed by atoms with Crippen molar-refractivity contribution >= 4 is 35.8 Å². The molecule has 0 heterocycles. The van der Waals surface area contributed by atoms with Crippen LogP contribution in [-0.4, -0.2) is 58.6 Å². The van der Waals surface area contributed by atoms with E-state index >= 15 is 0 Å². The molecule has 11 heteroatoms. The van der Waals surface area contributed by atoms with E-state index in [4.69, 9.17) is 16.6 Å². The van der Waals surface area contributed by atoms with E-state index in [1.807, 2.05) is 12.2 Å². The van der Waals surface area contributed by atoms with Crippen LogP contribution in [0, 0.1) is 5.92 Å². The molecule has 0 aliphatic carbocycles. The topological polar surface area (TPSA) is 197 Å². The molecule has 0 aliphatic heterocycles. The zero-order chi connectivity index (χ0) is 25.0. The van der Waals surface area contributed by atoms with Gasteiger partial charge in [-0.2, -0.15) is 0 Å². The lowest BCUT2D eigenvalue weighted by Gasteiger charge is -2.22. The number of hydrogen-bond acceptors (Lipinski definition) is 5. The number of hydrogen-bond donors (Lipinski definition) is 6. The Morgan fingerprint density at radius 3 is 2.33 bits per heavy atom. The Balaban J connectivity index is 2.88. The zero-order valence-corrected chi connectivity index (χ0v) is 18.7. The van der Waals surface area contributed by atoms with Crippen molar-refractivity contribution in [3.63, 3.8) is 0 Å². The number of guanidine groups is 1. The summed E-state index contributed by atoms with van der Waals surface area (Å²) in [6, 6.07) is 4.46. The third-order valence-corrected chi connectivity index (χ3v) is 4.55. The number of carbonyl (C=O) groups is 4. The normalized spacial score (nSPS) is 12.7. The first kappa shape index (κ1) is 27.1. The van der Waals surface area contributed by atoms with E-state index in [0.29, 0.717) is 18.5 Å². The molecule has 0 saturated carbocycles. The van der Waals surface area contributed by atoms with Crippen LogP contribution in [-0.2, 0) is 25.6 Å². The molecule has 1 aromatic carbocycles. The van der Waals surface area contributed by atoms with Gasteiger partial charge in [-0.1, -0.05) is 50.3 Å². The van der Waals surface area contributed by atoms with E-state index in [9.17, 15) is 24.3 Å². The fourth-order valence-electron chi connectivity index (χ4n) is 2.91. The molecule has 0 saturated heterocycles. The first-order valence-corrected chi connectivity index (χ1v) is 10.4. The van der Waals surface area contributed by atoms with Crippen LogP contribution in [0.2, 0.25) is 0 Å². The van der Waals surface area contributed by atoms with E-state index in [0.717, 1.165) is 5.56 Å². The van der Waals surface area contributed by atoms with Crippen LogP contribution >= 0.6 is 0 Å². The Labute approximate surface area is 191 Å². The van der Waals surface area contributed by atoms with Crippen molar-refractivity contribution in [1.29, 1.82) is 0 Å². The van der Waals surface area contributed by atoms with Crippen molar-refractivity contribution in [2.24, 2.45) is 22.4 Å². The van der Waals surface area contributed by atoms with Crippen LogP contribution in [0.4, 0.5) is 0 Å². The first-order chi connectivity index (χ1) is 15.5. The van der Waals surface area contributed by atoms with Gasteiger partial charge in [-0.15, -0.1) is 0 Å². The number of carbonyl (C=O) groups excluding carboxylic acids is 2. The molecule has 0 aliphatic rings. The van der Waals surface area contributed by atoms with E-state index in [2.05, 4.69) is 15.6 Å². The molecule has 0 spiro atoms. The molecule has 0 radical (unpaired) electrons. The minimum Gasteiger partial charge on any atom is -0.481 e. The minimum atomic E-state index is -1.42. The SMILES string of the molecule is CC(C)[C@H](NC(=O)[C@H](CC(=O)O)NC(=O)Cc1ccccc1C=CCCN=C(N)N)C(=O)O. The van der Waals surface area contributed by atoms with Crippen molar-refractivity contribution in [2.75, 3.05) is 6.54 Å². The zero-order valence-electron chi connectivity index (χ0n) is 18.7. The maximum atomic E-state index is 12.6. The van der Waals surface area contributed by atoms with Crippen molar-refractivity contribution in [3.8, 4) is 0 Å². The molecule has 0 unspecified atom stereocenters. The highest BCUT2D eigenvalue weighted by Crippen LogP contribution is 2.13. The van der Waals surface area contributed by atoms with E-state index in [-0.39, 0.29) is 12.4 Å². The second-order valence-corrected chi connectivity index (χ2v) is 7.66. The molecular weight excluding hydrogens is 430 g/mol. The summed E-state index contributed by atoms with van der Waals surface area (Å²) in [6.07, 6.45) is 3.45. The van der Waals surface area contributed by atoms with Crippen LogP contribution in [0.1, 0.15) is 37.8 Å². The molecule has 8 N–H and O–H groups in total. The summed E-state index contributed by atoms with van der Waals surface area (Å²) >= 11 is 0. The molecule has 11 nitrogen and oxygen atoms in total. The molecule has 0 bridgehead atoms. The van der Waals surface area contributed by atoms with Gasteiger partial charge in [-0.05, 0) is 23.5 Å². The number of amides is 2. The number of benzene rings is 1. The maximum absolute atomic E-state index is 12.6. The summed E-state index contributed by atoms with van der Waals surface area (Å²) in [4.78, 5) is 51.5. The smallest absolute Gasteiger partial charge is 0.326 e. The monoisotopic (exact) mass is 461 g/mol. The minimum absolute atomic E-state index is 0.00323. The van der Waals surface area contributed by atoms with Crippen molar-refractivity contribution in [1.82, 2.24) is 10.6 Å². The number of aliphatic imine (C=N–C) groups is 1. The molecule has 0 fully saturated rings.